The predicted molar refractivity (Wildman–Crippen MR) is 193 cm³/mol. The smallest absolute Gasteiger partial charge is 0.143 e. The van der Waals surface area contributed by atoms with Crippen molar-refractivity contribution in [2.45, 2.75) is 6.42 Å². The molecule has 46 heavy (non-hydrogen) atoms. The molecule has 1 aliphatic rings. The minimum Gasteiger partial charge on any atom is -0.455 e. The summed E-state index contributed by atoms with van der Waals surface area (Å²) >= 11 is 0. The van der Waals surface area contributed by atoms with Gasteiger partial charge >= 0.3 is 0 Å². The van der Waals surface area contributed by atoms with E-state index in [0.29, 0.717) is 0 Å². The Morgan fingerprint density at radius 3 is 1.70 bits per heavy atom. The molecule has 1 heteroatoms. The maximum atomic E-state index is 6.75. The molecular formula is C45H28O. The Morgan fingerprint density at radius 1 is 0.348 bits per heavy atom. The molecule has 0 fully saturated rings. The van der Waals surface area contributed by atoms with Crippen molar-refractivity contribution in [1.82, 2.24) is 0 Å². The van der Waals surface area contributed by atoms with Crippen LogP contribution in [-0.2, 0) is 6.42 Å². The zero-order chi connectivity index (χ0) is 30.2. The first-order valence-electron chi connectivity index (χ1n) is 16.0. The summed E-state index contributed by atoms with van der Waals surface area (Å²) in [5.74, 6) is 0. The number of benzene rings is 8. The van der Waals surface area contributed by atoms with Gasteiger partial charge in [-0.15, -0.1) is 0 Å². The molecule has 1 heterocycles. The summed E-state index contributed by atoms with van der Waals surface area (Å²) in [5.41, 5.74) is 14.4. The van der Waals surface area contributed by atoms with E-state index in [9.17, 15) is 0 Å². The molecule has 0 spiro atoms. The number of furan rings is 1. The average Bonchev–Trinajstić information content (AvgIpc) is 3.68. The largest absolute Gasteiger partial charge is 0.455 e. The van der Waals surface area contributed by atoms with Gasteiger partial charge in [0.25, 0.3) is 0 Å². The van der Waals surface area contributed by atoms with E-state index in [0.717, 1.165) is 33.9 Å². The van der Waals surface area contributed by atoms with Crippen LogP contribution in [0.1, 0.15) is 11.1 Å². The molecule has 0 atom stereocenters. The Kier molecular flexibility index (Phi) is 5.41. The number of rotatable bonds is 3. The second kappa shape index (κ2) is 9.79. The molecule has 0 unspecified atom stereocenters. The van der Waals surface area contributed by atoms with Gasteiger partial charge in [0.15, 0.2) is 0 Å². The monoisotopic (exact) mass is 584 g/mol. The van der Waals surface area contributed by atoms with E-state index >= 15 is 0 Å². The van der Waals surface area contributed by atoms with E-state index < -0.39 is 0 Å². The molecule has 0 saturated heterocycles. The Morgan fingerprint density at radius 2 is 0.913 bits per heavy atom. The van der Waals surface area contributed by atoms with Crippen molar-refractivity contribution < 1.29 is 4.42 Å². The van der Waals surface area contributed by atoms with Crippen LogP contribution < -0.4 is 0 Å². The average molecular weight is 585 g/mol. The summed E-state index contributed by atoms with van der Waals surface area (Å²) in [5, 5.41) is 7.26. The van der Waals surface area contributed by atoms with Gasteiger partial charge in [0, 0.05) is 16.3 Å². The number of fused-ring (bicyclic) bond motifs is 8. The van der Waals surface area contributed by atoms with Gasteiger partial charge < -0.3 is 4.42 Å². The van der Waals surface area contributed by atoms with Crippen LogP contribution in [0.15, 0.2) is 162 Å². The molecule has 214 valence electrons. The Bertz CT molecular complexity index is 2670. The molecule has 0 N–H and O–H groups in total. The molecule has 0 radical (unpaired) electrons. The maximum absolute atomic E-state index is 6.75. The quantitative estimate of drug-likeness (QED) is 0.201. The lowest BCUT2D eigenvalue weighted by Gasteiger charge is -2.11. The molecule has 0 amide bonds. The number of hydrogen-bond donors (Lipinski definition) is 0. The summed E-state index contributed by atoms with van der Waals surface area (Å²) < 4.78 is 6.75. The third kappa shape index (κ3) is 3.95. The highest BCUT2D eigenvalue weighted by Crippen LogP contribution is 2.44. The highest BCUT2D eigenvalue weighted by molar-refractivity contribution is 6.13. The summed E-state index contributed by atoms with van der Waals surface area (Å²) in [7, 11) is 0. The van der Waals surface area contributed by atoms with E-state index in [2.05, 4.69) is 158 Å². The summed E-state index contributed by atoms with van der Waals surface area (Å²) in [4.78, 5) is 0. The molecule has 1 nitrogen and oxygen atoms in total. The molecule has 1 aliphatic carbocycles. The van der Waals surface area contributed by atoms with Gasteiger partial charge in [-0.2, -0.15) is 0 Å². The van der Waals surface area contributed by atoms with Crippen LogP contribution in [0.3, 0.4) is 0 Å². The van der Waals surface area contributed by atoms with E-state index in [4.69, 9.17) is 4.42 Å². The highest BCUT2D eigenvalue weighted by atomic mass is 16.3. The summed E-state index contributed by atoms with van der Waals surface area (Å²) in [6, 6.07) is 57.6. The van der Waals surface area contributed by atoms with Crippen LogP contribution in [0.4, 0.5) is 0 Å². The summed E-state index contributed by atoms with van der Waals surface area (Å²) in [6.07, 6.45) is 0.987. The second-order valence-corrected chi connectivity index (χ2v) is 12.5. The lowest BCUT2D eigenvalue weighted by Crippen LogP contribution is -1.87. The van der Waals surface area contributed by atoms with Crippen molar-refractivity contribution in [3.05, 3.63) is 169 Å². The standard InChI is InChI=1S/C45H28O/c1-3-9-30-21-32(15-13-28(30)7-1)34-19-20-44-42(24-34)43-27-38(33-16-14-29-8-2-4-10-31(29)22-33)26-41(45(43)46-44)37-18-17-36-23-35-11-5-6-12-39(35)40(36)25-37/h1-22,24-27H,23H2. The lowest BCUT2D eigenvalue weighted by molar-refractivity contribution is 0.670. The lowest BCUT2D eigenvalue weighted by atomic mass is 9.92. The SMILES string of the molecule is c1ccc2c(c1)Cc1ccc(-c3cc(-c4ccc5ccccc5c4)cc4c3oc3ccc(-c5ccc6ccccc6c5)cc34)cc1-2. The van der Waals surface area contributed by atoms with Crippen molar-refractivity contribution in [3.63, 3.8) is 0 Å². The molecule has 0 saturated carbocycles. The van der Waals surface area contributed by atoms with Gasteiger partial charge in [0.05, 0.1) is 0 Å². The van der Waals surface area contributed by atoms with Crippen molar-refractivity contribution in [2.24, 2.45) is 0 Å². The van der Waals surface area contributed by atoms with Crippen LogP contribution in [0.5, 0.6) is 0 Å². The first kappa shape index (κ1) is 25.4. The molecule has 0 bridgehead atoms. The van der Waals surface area contributed by atoms with Gasteiger partial charge in [-0.3, -0.25) is 0 Å². The minimum absolute atomic E-state index is 0.906. The van der Waals surface area contributed by atoms with E-state index in [1.165, 1.54) is 71.6 Å². The van der Waals surface area contributed by atoms with Gasteiger partial charge in [-0.05, 0) is 121 Å². The third-order valence-electron chi connectivity index (χ3n) is 9.85. The first-order chi connectivity index (χ1) is 22.7. The highest BCUT2D eigenvalue weighted by Gasteiger charge is 2.21. The van der Waals surface area contributed by atoms with Gasteiger partial charge in [0.2, 0.25) is 0 Å². The van der Waals surface area contributed by atoms with Crippen LogP contribution in [-0.4, -0.2) is 0 Å². The van der Waals surface area contributed by atoms with E-state index in [1.54, 1.807) is 0 Å². The van der Waals surface area contributed by atoms with Crippen molar-refractivity contribution in [1.29, 1.82) is 0 Å². The Labute approximate surface area is 267 Å². The van der Waals surface area contributed by atoms with Gasteiger partial charge in [0.1, 0.15) is 11.2 Å². The van der Waals surface area contributed by atoms with Crippen LogP contribution in [0.2, 0.25) is 0 Å². The van der Waals surface area contributed by atoms with Crippen molar-refractivity contribution >= 4 is 43.5 Å². The fourth-order valence-corrected chi connectivity index (χ4v) is 7.47. The van der Waals surface area contributed by atoms with Crippen LogP contribution in [0, 0.1) is 0 Å². The van der Waals surface area contributed by atoms with Gasteiger partial charge in [-0.1, -0.05) is 115 Å². The zero-order valence-electron chi connectivity index (χ0n) is 25.1. The first-order valence-corrected chi connectivity index (χ1v) is 16.0. The van der Waals surface area contributed by atoms with E-state index in [-0.39, 0.29) is 0 Å². The molecule has 1 aromatic heterocycles. The Balaban J connectivity index is 1.21. The van der Waals surface area contributed by atoms with Gasteiger partial charge in [-0.25, -0.2) is 0 Å². The zero-order valence-corrected chi connectivity index (χ0v) is 25.1. The Hall–Kier alpha value is -5.92. The van der Waals surface area contributed by atoms with Crippen molar-refractivity contribution in [3.8, 4) is 44.5 Å². The topological polar surface area (TPSA) is 13.1 Å². The molecule has 10 rings (SSSR count). The maximum Gasteiger partial charge on any atom is 0.143 e. The minimum atomic E-state index is 0.906. The predicted octanol–water partition coefficient (Wildman–Crippen LogP) is 12.5. The molecule has 9 aromatic rings. The normalized spacial score (nSPS) is 12.3. The fraction of sp³-hybridized carbons (Fsp3) is 0.0222. The molecular weight excluding hydrogens is 556 g/mol. The van der Waals surface area contributed by atoms with Crippen molar-refractivity contribution in [2.75, 3.05) is 0 Å². The van der Waals surface area contributed by atoms with E-state index in [1.807, 2.05) is 0 Å². The van der Waals surface area contributed by atoms with Crippen LogP contribution >= 0.6 is 0 Å². The number of hydrogen-bond acceptors (Lipinski definition) is 1. The molecule has 8 aromatic carbocycles. The fourth-order valence-electron chi connectivity index (χ4n) is 7.47. The second-order valence-electron chi connectivity index (χ2n) is 12.5. The van der Waals surface area contributed by atoms with Crippen LogP contribution in [0.25, 0.3) is 88.0 Å². The third-order valence-corrected chi connectivity index (χ3v) is 9.85. The molecule has 0 aliphatic heterocycles. The summed E-state index contributed by atoms with van der Waals surface area (Å²) in [6.45, 7) is 0.